The molecule has 0 aromatic heterocycles. The van der Waals surface area contributed by atoms with Crippen LogP contribution in [0, 0.1) is 11.7 Å². The first kappa shape index (κ1) is 16.4. The highest BCUT2D eigenvalue weighted by Crippen LogP contribution is 2.24. The number of carbonyl (C=O) groups is 1. The molecule has 2 saturated heterocycles. The lowest BCUT2D eigenvalue weighted by Gasteiger charge is -2.27. The third-order valence-corrected chi connectivity index (χ3v) is 5.31. The fraction of sp³-hybridized carbons (Fsp3) is 0.632. The van der Waals surface area contributed by atoms with Crippen molar-refractivity contribution in [3.05, 3.63) is 35.6 Å². The van der Waals surface area contributed by atoms with Crippen LogP contribution in [0.25, 0.3) is 0 Å². The molecule has 0 spiro atoms. The molecule has 3 rings (SSSR count). The molecule has 4 heteroatoms. The fourth-order valence-electron chi connectivity index (χ4n) is 3.91. The zero-order valence-corrected chi connectivity index (χ0v) is 13.8. The Morgan fingerprint density at radius 1 is 1.17 bits per heavy atom. The molecule has 1 atom stereocenters. The maximum atomic E-state index is 13.0. The molecule has 2 aliphatic heterocycles. The molecule has 1 unspecified atom stereocenters. The topological polar surface area (TPSA) is 32.3 Å². The number of halogens is 1. The van der Waals surface area contributed by atoms with Gasteiger partial charge in [-0.3, -0.25) is 4.79 Å². The van der Waals surface area contributed by atoms with E-state index in [0.29, 0.717) is 24.3 Å². The number of benzene rings is 1. The molecule has 2 fully saturated rings. The fourth-order valence-corrected chi connectivity index (χ4v) is 3.91. The predicted octanol–water partition coefficient (Wildman–Crippen LogP) is 3.14. The van der Waals surface area contributed by atoms with Crippen LogP contribution in [-0.4, -0.2) is 36.5 Å². The van der Waals surface area contributed by atoms with Crippen molar-refractivity contribution in [1.82, 2.24) is 10.2 Å². The summed E-state index contributed by atoms with van der Waals surface area (Å²) >= 11 is 0. The Bertz CT molecular complexity index is 511. The van der Waals surface area contributed by atoms with Crippen molar-refractivity contribution in [2.45, 2.75) is 51.0 Å². The van der Waals surface area contributed by atoms with Crippen LogP contribution in [0.5, 0.6) is 0 Å². The number of nitrogens with zero attached hydrogens (tertiary/aromatic N) is 1. The smallest absolute Gasteiger partial charge is 0.222 e. The molecule has 0 saturated carbocycles. The molecule has 0 bridgehead atoms. The molecular formula is C19H27FN2O. The van der Waals surface area contributed by atoms with Gasteiger partial charge >= 0.3 is 0 Å². The first-order valence-electron chi connectivity index (χ1n) is 8.97. The minimum atomic E-state index is -0.199. The maximum Gasteiger partial charge on any atom is 0.222 e. The largest absolute Gasteiger partial charge is 0.339 e. The summed E-state index contributed by atoms with van der Waals surface area (Å²) in [6, 6.07) is 6.98. The molecule has 23 heavy (non-hydrogen) atoms. The monoisotopic (exact) mass is 318 g/mol. The van der Waals surface area contributed by atoms with Crippen molar-refractivity contribution < 1.29 is 9.18 Å². The summed E-state index contributed by atoms with van der Waals surface area (Å²) in [7, 11) is 0. The SMILES string of the molecule is O=C(CCC1CCNCC1)N1CCCC1Cc1ccc(F)cc1. The number of carbonyl (C=O) groups excluding carboxylic acids is 1. The minimum Gasteiger partial charge on any atom is -0.339 e. The zero-order chi connectivity index (χ0) is 16.1. The molecule has 0 radical (unpaired) electrons. The molecule has 126 valence electrons. The van der Waals surface area contributed by atoms with Crippen LogP contribution in [0.15, 0.2) is 24.3 Å². The van der Waals surface area contributed by atoms with Crippen LogP contribution in [0.4, 0.5) is 4.39 Å². The molecule has 3 nitrogen and oxygen atoms in total. The summed E-state index contributed by atoms with van der Waals surface area (Å²) in [5.74, 6) is 0.821. The summed E-state index contributed by atoms with van der Waals surface area (Å²) in [6.45, 7) is 3.07. The number of nitrogens with one attached hydrogen (secondary N) is 1. The molecular weight excluding hydrogens is 291 g/mol. The molecule has 1 amide bonds. The van der Waals surface area contributed by atoms with Crippen LogP contribution in [0.3, 0.4) is 0 Å². The lowest BCUT2D eigenvalue weighted by molar-refractivity contribution is -0.132. The van der Waals surface area contributed by atoms with Gasteiger partial charge in [-0.25, -0.2) is 4.39 Å². The normalized spacial score (nSPS) is 22.5. The molecule has 1 aromatic carbocycles. The lowest BCUT2D eigenvalue weighted by atomic mass is 9.93. The number of likely N-dealkylation sites (tertiary alicyclic amines) is 1. The number of hydrogen-bond acceptors (Lipinski definition) is 2. The van der Waals surface area contributed by atoms with E-state index < -0.39 is 0 Å². The predicted molar refractivity (Wildman–Crippen MR) is 89.7 cm³/mol. The van der Waals surface area contributed by atoms with Gasteiger partial charge in [0.2, 0.25) is 5.91 Å². The van der Waals surface area contributed by atoms with Crippen molar-refractivity contribution >= 4 is 5.91 Å². The second-order valence-corrected chi connectivity index (χ2v) is 6.95. The van der Waals surface area contributed by atoms with Gasteiger partial charge in [0.25, 0.3) is 0 Å². The Labute approximate surface area is 138 Å². The van der Waals surface area contributed by atoms with E-state index in [1.165, 1.54) is 25.0 Å². The van der Waals surface area contributed by atoms with Crippen LogP contribution in [0.1, 0.15) is 44.1 Å². The highest BCUT2D eigenvalue weighted by molar-refractivity contribution is 5.76. The molecule has 0 aliphatic carbocycles. The van der Waals surface area contributed by atoms with Gasteiger partial charge in [0.05, 0.1) is 0 Å². The third-order valence-electron chi connectivity index (χ3n) is 5.31. The van der Waals surface area contributed by atoms with Crippen molar-refractivity contribution in [2.75, 3.05) is 19.6 Å². The van der Waals surface area contributed by atoms with Gasteiger partial charge in [0.1, 0.15) is 5.82 Å². The number of amides is 1. The van der Waals surface area contributed by atoms with Crippen LogP contribution >= 0.6 is 0 Å². The summed E-state index contributed by atoms with van der Waals surface area (Å²) in [6.07, 6.45) is 7.12. The first-order valence-corrected chi connectivity index (χ1v) is 8.97. The summed E-state index contributed by atoms with van der Waals surface area (Å²) in [5.41, 5.74) is 1.12. The third kappa shape index (κ3) is 4.54. The van der Waals surface area contributed by atoms with Gasteiger partial charge in [-0.05, 0) is 75.2 Å². The Balaban J connectivity index is 1.51. The number of piperidine rings is 1. The van der Waals surface area contributed by atoms with Crippen molar-refractivity contribution in [1.29, 1.82) is 0 Å². The van der Waals surface area contributed by atoms with Crippen LogP contribution in [-0.2, 0) is 11.2 Å². The first-order chi connectivity index (χ1) is 11.2. The minimum absolute atomic E-state index is 0.199. The molecule has 1 N–H and O–H groups in total. The van der Waals surface area contributed by atoms with Gasteiger partial charge in [-0.2, -0.15) is 0 Å². The maximum absolute atomic E-state index is 13.0. The quantitative estimate of drug-likeness (QED) is 0.904. The van der Waals surface area contributed by atoms with Gasteiger partial charge < -0.3 is 10.2 Å². The lowest BCUT2D eigenvalue weighted by Crippen LogP contribution is -2.37. The van der Waals surface area contributed by atoms with E-state index in [1.807, 2.05) is 12.1 Å². The zero-order valence-electron chi connectivity index (χ0n) is 13.8. The molecule has 2 aliphatic rings. The van der Waals surface area contributed by atoms with Gasteiger partial charge in [0, 0.05) is 19.0 Å². The Morgan fingerprint density at radius 2 is 1.91 bits per heavy atom. The summed E-state index contributed by atoms with van der Waals surface area (Å²) < 4.78 is 13.0. The second kappa shape index (κ2) is 7.91. The van der Waals surface area contributed by atoms with E-state index in [1.54, 1.807) is 0 Å². The standard InChI is InChI=1S/C19H27FN2O/c20-17-6-3-16(4-7-17)14-18-2-1-13-22(18)19(23)8-5-15-9-11-21-12-10-15/h3-4,6-7,15,18,21H,1-2,5,8-14H2. The number of rotatable bonds is 5. The highest BCUT2D eigenvalue weighted by Gasteiger charge is 2.29. The summed E-state index contributed by atoms with van der Waals surface area (Å²) in [4.78, 5) is 14.7. The van der Waals surface area contributed by atoms with Gasteiger partial charge in [-0.1, -0.05) is 12.1 Å². The Kier molecular flexibility index (Phi) is 5.65. The second-order valence-electron chi connectivity index (χ2n) is 6.95. The van der Waals surface area contributed by atoms with Crippen molar-refractivity contribution in [2.24, 2.45) is 5.92 Å². The van der Waals surface area contributed by atoms with E-state index in [-0.39, 0.29) is 5.82 Å². The van der Waals surface area contributed by atoms with Gasteiger partial charge in [0.15, 0.2) is 0 Å². The van der Waals surface area contributed by atoms with E-state index in [2.05, 4.69) is 10.2 Å². The highest BCUT2D eigenvalue weighted by atomic mass is 19.1. The van der Waals surface area contributed by atoms with E-state index in [4.69, 9.17) is 0 Å². The van der Waals surface area contributed by atoms with E-state index in [9.17, 15) is 9.18 Å². The Morgan fingerprint density at radius 3 is 2.65 bits per heavy atom. The van der Waals surface area contributed by atoms with E-state index in [0.717, 1.165) is 50.9 Å². The van der Waals surface area contributed by atoms with Crippen molar-refractivity contribution in [3.63, 3.8) is 0 Å². The average molecular weight is 318 g/mol. The van der Waals surface area contributed by atoms with Crippen LogP contribution in [0.2, 0.25) is 0 Å². The Hall–Kier alpha value is -1.42. The van der Waals surface area contributed by atoms with Crippen LogP contribution < -0.4 is 5.32 Å². The van der Waals surface area contributed by atoms with Gasteiger partial charge in [-0.15, -0.1) is 0 Å². The number of hydrogen-bond donors (Lipinski definition) is 1. The van der Waals surface area contributed by atoms with E-state index >= 15 is 0 Å². The molecule has 1 aromatic rings. The van der Waals surface area contributed by atoms with Crippen molar-refractivity contribution in [3.8, 4) is 0 Å². The summed E-state index contributed by atoms with van der Waals surface area (Å²) in [5, 5.41) is 3.37. The average Bonchev–Trinajstić information content (AvgIpc) is 3.04. The molecule has 2 heterocycles.